The Hall–Kier alpha value is -2.41. The van der Waals surface area contributed by atoms with Gasteiger partial charge in [0.05, 0.1) is 18.3 Å². The molecule has 0 bridgehead atoms. The molecule has 2 aromatic heterocycles. The monoisotopic (exact) mass is 413 g/mol. The molecule has 3 aromatic rings. The van der Waals surface area contributed by atoms with Crippen molar-refractivity contribution in [1.29, 1.82) is 0 Å². The lowest BCUT2D eigenvalue weighted by Crippen LogP contribution is -2.32. The van der Waals surface area contributed by atoms with E-state index in [1.807, 2.05) is 60.4 Å². The van der Waals surface area contributed by atoms with E-state index in [1.54, 1.807) is 6.20 Å². The van der Waals surface area contributed by atoms with Crippen LogP contribution in [0.1, 0.15) is 29.1 Å². The van der Waals surface area contributed by atoms with E-state index in [0.717, 1.165) is 28.3 Å². The lowest BCUT2D eigenvalue weighted by atomic mass is 10.0. The maximum Gasteiger partial charge on any atom is 0.170 e. The molecule has 0 unspecified atom stereocenters. The Labute approximate surface area is 174 Å². The Kier molecular flexibility index (Phi) is 5.35. The molecule has 2 atom stereocenters. The predicted octanol–water partition coefficient (Wildman–Crippen LogP) is 4.27. The summed E-state index contributed by atoms with van der Waals surface area (Å²) < 4.78 is 6.26. The number of hydrogen-bond donors (Lipinski definition) is 2. The smallest absolute Gasteiger partial charge is 0.170 e. The number of aliphatic hydroxyl groups excluding tert-OH is 1. The summed E-state index contributed by atoms with van der Waals surface area (Å²) in [6.07, 6.45) is 1.76. The highest BCUT2D eigenvalue weighted by atomic mass is 35.5. The van der Waals surface area contributed by atoms with Gasteiger partial charge in [0.2, 0.25) is 0 Å². The van der Waals surface area contributed by atoms with Crippen LogP contribution in [0.5, 0.6) is 0 Å². The largest absolute Gasteiger partial charge is 0.459 e. The molecule has 7 heteroatoms. The molecule has 2 N–H and O–H groups in total. The number of aromatic nitrogens is 1. The van der Waals surface area contributed by atoms with Crippen molar-refractivity contribution in [3.63, 3.8) is 0 Å². The summed E-state index contributed by atoms with van der Waals surface area (Å²) in [6, 6.07) is 15.1. The van der Waals surface area contributed by atoms with E-state index in [-0.39, 0.29) is 18.7 Å². The number of furan rings is 1. The topological polar surface area (TPSA) is 61.5 Å². The van der Waals surface area contributed by atoms with Gasteiger partial charge in [0.25, 0.3) is 0 Å². The lowest BCUT2D eigenvalue weighted by molar-refractivity contribution is 0.209. The van der Waals surface area contributed by atoms with Crippen LogP contribution in [0, 0.1) is 6.92 Å². The van der Waals surface area contributed by atoms with Gasteiger partial charge in [-0.1, -0.05) is 29.8 Å². The van der Waals surface area contributed by atoms with Crippen LogP contribution in [-0.4, -0.2) is 33.3 Å². The molecule has 0 saturated carbocycles. The number of thiocarbonyl (C=S) groups is 1. The van der Waals surface area contributed by atoms with Crippen LogP contribution < -0.4 is 5.32 Å². The van der Waals surface area contributed by atoms with Crippen LogP contribution in [0.25, 0.3) is 11.3 Å². The van der Waals surface area contributed by atoms with Gasteiger partial charge in [-0.05, 0) is 55.0 Å². The second kappa shape index (κ2) is 7.91. The van der Waals surface area contributed by atoms with E-state index in [0.29, 0.717) is 16.7 Å². The van der Waals surface area contributed by atoms with Gasteiger partial charge in [0.15, 0.2) is 5.11 Å². The van der Waals surface area contributed by atoms with Crippen LogP contribution in [0.15, 0.2) is 59.1 Å². The van der Waals surface area contributed by atoms with Gasteiger partial charge >= 0.3 is 0 Å². The van der Waals surface area contributed by atoms with Gasteiger partial charge < -0.3 is 19.7 Å². The number of aliphatic hydroxyl groups is 1. The summed E-state index contributed by atoms with van der Waals surface area (Å²) >= 11 is 11.8. The van der Waals surface area contributed by atoms with Crippen LogP contribution in [0.3, 0.4) is 0 Å². The van der Waals surface area contributed by atoms with Gasteiger partial charge in [0.1, 0.15) is 17.6 Å². The maximum atomic E-state index is 9.53. The fourth-order valence-corrected chi connectivity index (χ4v) is 4.10. The second-order valence-corrected chi connectivity index (χ2v) is 7.45. The molecule has 3 heterocycles. The first-order chi connectivity index (χ1) is 13.6. The summed E-state index contributed by atoms with van der Waals surface area (Å²) in [5, 5.41) is 14.1. The van der Waals surface area contributed by atoms with E-state index >= 15 is 0 Å². The number of β-amino-alcohol motifs (C(OH)–C–C–N with tert-alkyl or cyclic N) is 1. The highest BCUT2D eigenvalue weighted by Crippen LogP contribution is 2.40. The van der Waals surface area contributed by atoms with Crippen molar-refractivity contribution in [2.24, 2.45) is 0 Å². The molecular weight excluding hydrogens is 394 g/mol. The summed E-state index contributed by atoms with van der Waals surface area (Å²) in [5.41, 5.74) is 2.79. The van der Waals surface area contributed by atoms with Crippen molar-refractivity contribution >= 4 is 28.9 Å². The number of rotatable bonds is 5. The van der Waals surface area contributed by atoms with Gasteiger partial charge in [-0.15, -0.1) is 0 Å². The van der Waals surface area contributed by atoms with Crippen molar-refractivity contribution in [1.82, 2.24) is 15.2 Å². The minimum absolute atomic E-state index is 0.00573. The average Bonchev–Trinajstić information content (AvgIpc) is 3.30. The molecule has 0 aliphatic carbocycles. The van der Waals surface area contributed by atoms with Crippen molar-refractivity contribution < 1.29 is 9.52 Å². The lowest BCUT2D eigenvalue weighted by Gasteiger charge is -2.25. The third-order valence-electron chi connectivity index (χ3n) is 4.99. The quantitative estimate of drug-likeness (QED) is 0.609. The Balaban J connectivity index is 1.75. The van der Waals surface area contributed by atoms with Crippen LogP contribution in [-0.2, 0) is 0 Å². The third kappa shape index (κ3) is 3.39. The van der Waals surface area contributed by atoms with Gasteiger partial charge in [-0.25, -0.2) is 0 Å². The van der Waals surface area contributed by atoms with Gasteiger partial charge in [-0.2, -0.15) is 0 Å². The van der Waals surface area contributed by atoms with E-state index in [1.165, 1.54) is 0 Å². The first-order valence-electron chi connectivity index (χ1n) is 9.04. The molecule has 4 rings (SSSR count). The van der Waals surface area contributed by atoms with Crippen LogP contribution >= 0.6 is 23.8 Å². The Morgan fingerprint density at radius 1 is 1.21 bits per heavy atom. The first kappa shape index (κ1) is 18.9. The molecule has 5 nitrogen and oxygen atoms in total. The number of nitrogens with zero attached hydrogens (tertiary/aromatic N) is 2. The van der Waals surface area contributed by atoms with E-state index in [2.05, 4.69) is 10.3 Å². The number of halogens is 1. The molecule has 1 aliphatic rings. The minimum atomic E-state index is -0.206. The summed E-state index contributed by atoms with van der Waals surface area (Å²) in [5.74, 6) is 1.50. The Bertz CT molecular complexity index is 992. The van der Waals surface area contributed by atoms with E-state index < -0.39 is 0 Å². The summed E-state index contributed by atoms with van der Waals surface area (Å²) in [6.45, 7) is 2.38. The molecule has 1 aromatic carbocycles. The minimum Gasteiger partial charge on any atom is -0.459 e. The number of pyridine rings is 1. The van der Waals surface area contributed by atoms with E-state index in [9.17, 15) is 5.11 Å². The standard InChI is InChI=1S/C21H20ClN3O2S/c1-13-14(5-4-6-15(13)22)17-8-9-18(27-17)20-19(16-7-2-3-10-23-16)24-21(28)25(20)11-12-26/h2-10,19-20,26H,11-12H2,1H3,(H,24,28)/t19-,20-/m0/s1. The van der Waals surface area contributed by atoms with Crippen LogP contribution in [0.4, 0.5) is 0 Å². The molecule has 0 spiro atoms. The zero-order valence-electron chi connectivity index (χ0n) is 15.3. The Morgan fingerprint density at radius 3 is 2.82 bits per heavy atom. The molecule has 0 amide bonds. The van der Waals surface area contributed by atoms with Crippen LogP contribution in [0.2, 0.25) is 5.02 Å². The highest BCUT2D eigenvalue weighted by molar-refractivity contribution is 7.80. The highest BCUT2D eigenvalue weighted by Gasteiger charge is 2.41. The second-order valence-electron chi connectivity index (χ2n) is 6.66. The van der Waals surface area contributed by atoms with Crippen molar-refractivity contribution in [3.05, 3.63) is 76.8 Å². The van der Waals surface area contributed by atoms with E-state index in [4.69, 9.17) is 28.2 Å². The first-order valence-corrected chi connectivity index (χ1v) is 9.83. The number of benzene rings is 1. The molecule has 1 aliphatic heterocycles. The Morgan fingerprint density at radius 2 is 2.07 bits per heavy atom. The number of hydrogen-bond acceptors (Lipinski definition) is 4. The van der Waals surface area contributed by atoms with Gasteiger partial charge in [-0.3, -0.25) is 4.98 Å². The zero-order chi connectivity index (χ0) is 19.7. The third-order valence-corrected chi connectivity index (χ3v) is 5.75. The fraction of sp³-hybridized carbons (Fsp3) is 0.238. The molecule has 0 radical (unpaired) electrons. The summed E-state index contributed by atoms with van der Waals surface area (Å²) in [4.78, 5) is 6.43. The molecule has 28 heavy (non-hydrogen) atoms. The molecule has 1 fully saturated rings. The van der Waals surface area contributed by atoms with Crippen molar-refractivity contribution in [2.75, 3.05) is 13.2 Å². The van der Waals surface area contributed by atoms with Crippen molar-refractivity contribution in [2.45, 2.75) is 19.0 Å². The maximum absolute atomic E-state index is 9.53. The van der Waals surface area contributed by atoms with Crippen molar-refractivity contribution in [3.8, 4) is 11.3 Å². The SMILES string of the molecule is Cc1c(Cl)cccc1-c1ccc([C@H]2[C@H](c3ccccn3)NC(=S)N2CCO)o1. The molecule has 1 saturated heterocycles. The normalized spacial score (nSPS) is 19.1. The fourth-order valence-electron chi connectivity index (χ4n) is 3.59. The number of nitrogens with one attached hydrogen (secondary N) is 1. The predicted molar refractivity (Wildman–Crippen MR) is 113 cm³/mol. The zero-order valence-corrected chi connectivity index (χ0v) is 16.9. The molecule has 144 valence electrons. The summed E-state index contributed by atoms with van der Waals surface area (Å²) in [7, 11) is 0. The van der Waals surface area contributed by atoms with Gasteiger partial charge in [0, 0.05) is 23.3 Å². The average molecular weight is 414 g/mol. The molecular formula is C21H20ClN3O2S.